The molecule has 0 radical (unpaired) electrons. The van der Waals surface area contributed by atoms with Crippen LogP contribution in [0.25, 0.3) is 0 Å². The number of nitrogens with one attached hydrogen (secondary N) is 1. The summed E-state index contributed by atoms with van der Waals surface area (Å²) < 4.78 is 0. The summed E-state index contributed by atoms with van der Waals surface area (Å²) in [6.45, 7) is 3.72. The van der Waals surface area contributed by atoms with Crippen molar-refractivity contribution in [1.29, 1.82) is 0 Å². The van der Waals surface area contributed by atoms with Gasteiger partial charge in [-0.25, -0.2) is 0 Å². The quantitative estimate of drug-likeness (QED) is 0.917. The summed E-state index contributed by atoms with van der Waals surface area (Å²) in [5.74, 6) is 0.805. The number of hydrogen-bond acceptors (Lipinski definition) is 2. The third-order valence-electron chi connectivity index (χ3n) is 4.78. The average Bonchev–Trinajstić information content (AvgIpc) is 2.85. The Balaban J connectivity index is 1.57. The molecule has 1 aromatic rings. The van der Waals surface area contributed by atoms with E-state index in [-0.39, 0.29) is 5.91 Å². The molecule has 2 aliphatic rings. The van der Waals surface area contributed by atoms with E-state index in [4.69, 9.17) is 0 Å². The number of hydrogen-bond donors (Lipinski definition) is 1. The summed E-state index contributed by atoms with van der Waals surface area (Å²) >= 11 is 0. The van der Waals surface area contributed by atoms with Crippen molar-refractivity contribution in [3.63, 3.8) is 0 Å². The van der Waals surface area contributed by atoms with Crippen LogP contribution in [0, 0.1) is 5.92 Å². The van der Waals surface area contributed by atoms with Crippen molar-refractivity contribution in [3.05, 3.63) is 29.8 Å². The number of carbonyl (C=O) groups is 1. The maximum absolute atomic E-state index is 12.3. The molecule has 2 atom stereocenters. The predicted molar refractivity (Wildman–Crippen MR) is 81.9 cm³/mol. The first-order valence-electron chi connectivity index (χ1n) is 7.86. The molecule has 2 unspecified atom stereocenters. The van der Waals surface area contributed by atoms with Gasteiger partial charge in [0.2, 0.25) is 5.91 Å². The van der Waals surface area contributed by atoms with E-state index in [1.54, 1.807) is 0 Å². The Morgan fingerprint density at radius 3 is 2.95 bits per heavy atom. The Labute approximate surface area is 121 Å². The minimum atomic E-state index is 0.181. The molecule has 0 spiro atoms. The van der Waals surface area contributed by atoms with Crippen molar-refractivity contribution in [3.8, 4) is 0 Å². The highest BCUT2D eigenvalue weighted by Gasteiger charge is 2.25. The normalized spacial score (nSPS) is 25.4. The molecule has 1 fully saturated rings. The lowest BCUT2D eigenvalue weighted by Crippen LogP contribution is -2.45. The summed E-state index contributed by atoms with van der Waals surface area (Å²) in [6, 6.07) is 8.80. The summed E-state index contributed by atoms with van der Waals surface area (Å²) in [5.41, 5.74) is 2.60. The SMILES string of the molecule is CC1CCCCC1NC(=O)CN1CCc2ccccc21. The number of carbonyl (C=O) groups excluding carboxylic acids is 1. The lowest BCUT2D eigenvalue weighted by molar-refractivity contribution is -0.121. The van der Waals surface area contributed by atoms with Gasteiger partial charge in [-0.3, -0.25) is 4.79 Å². The minimum Gasteiger partial charge on any atom is -0.362 e. The van der Waals surface area contributed by atoms with E-state index >= 15 is 0 Å². The third kappa shape index (κ3) is 2.82. The monoisotopic (exact) mass is 272 g/mol. The molecule has 3 heteroatoms. The summed E-state index contributed by atoms with van der Waals surface area (Å²) in [6.07, 6.45) is 6.01. The van der Waals surface area contributed by atoms with E-state index < -0.39 is 0 Å². The molecule has 1 aliphatic heterocycles. The summed E-state index contributed by atoms with van der Waals surface area (Å²) in [4.78, 5) is 14.5. The van der Waals surface area contributed by atoms with Crippen LogP contribution in [0.2, 0.25) is 0 Å². The second-order valence-electron chi connectivity index (χ2n) is 6.24. The molecule has 1 heterocycles. The smallest absolute Gasteiger partial charge is 0.239 e. The molecular weight excluding hydrogens is 248 g/mol. The summed E-state index contributed by atoms with van der Waals surface area (Å²) in [7, 11) is 0. The molecule has 108 valence electrons. The lowest BCUT2D eigenvalue weighted by Gasteiger charge is -2.30. The van der Waals surface area contributed by atoms with Gasteiger partial charge in [-0.15, -0.1) is 0 Å². The van der Waals surface area contributed by atoms with Crippen LogP contribution in [0.1, 0.15) is 38.2 Å². The first-order chi connectivity index (χ1) is 9.74. The third-order valence-corrected chi connectivity index (χ3v) is 4.78. The second kappa shape index (κ2) is 5.86. The Morgan fingerprint density at radius 1 is 1.30 bits per heavy atom. The molecular formula is C17H24N2O. The number of fused-ring (bicyclic) bond motifs is 1. The van der Waals surface area contributed by atoms with Crippen molar-refractivity contribution in [2.75, 3.05) is 18.0 Å². The Bertz CT molecular complexity index is 486. The standard InChI is InChI=1S/C17H24N2O/c1-13-6-2-4-8-15(13)18-17(20)12-19-11-10-14-7-3-5-9-16(14)19/h3,5,7,9,13,15H,2,4,6,8,10-12H2,1H3,(H,18,20). The van der Waals surface area contributed by atoms with E-state index in [2.05, 4.69) is 41.4 Å². The van der Waals surface area contributed by atoms with Crippen LogP contribution >= 0.6 is 0 Å². The van der Waals surface area contributed by atoms with Crippen LogP contribution in [0.3, 0.4) is 0 Å². The van der Waals surface area contributed by atoms with Crippen LogP contribution in [0.15, 0.2) is 24.3 Å². The second-order valence-corrected chi connectivity index (χ2v) is 6.24. The van der Waals surface area contributed by atoms with E-state index in [0.717, 1.165) is 19.4 Å². The zero-order chi connectivity index (χ0) is 13.9. The Morgan fingerprint density at radius 2 is 2.10 bits per heavy atom. The van der Waals surface area contributed by atoms with Crippen molar-refractivity contribution in [2.45, 2.75) is 45.1 Å². The van der Waals surface area contributed by atoms with Gasteiger partial charge in [0.05, 0.1) is 6.54 Å². The van der Waals surface area contributed by atoms with Crippen molar-refractivity contribution in [2.24, 2.45) is 5.92 Å². The summed E-state index contributed by atoms with van der Waals surface area (Å²) in [5, 5.41) is 3.25. The molecule has 1 saturated carbocycles. The zero-order valence-corrected chi connectivity index (χ0v) is 12.3. The first kappa shape index (κ1) is 13.5. The van der Waals surface area contributed by atoms with Crippen LogP contribution in [0.5, 0.6) is 0 Å². The van der Waals surface area contributed by atoms with Gasteiger partial charge in [-0.2, -0.15) is 0 Å². The van der Waals surface area contributed by atoms with Crippen LogP contribution in [0.4, 0.5) is 5.69 Å². The number of amides is 1. The lowest BCUT2D eigenvalue weighted by atomic mass is 9.86. The number of rotatable bonds is 3. The molecule has 1 amide bonds. The van der Waals surface area contributed by atoms with Crippen LogP contribution < -0.4 is 10.2 Å². The zero-order valence-electron chi connectivity index (χ0n) is 12.3. The molecule has 1 aromatic carbocycles. The number of anilines is 1. The van der Waals surface area contributed by atoms with Gasteiger partial charge < -0.3 is 10.2 Å². The molecule has 0 aromatic heterocycles. The maximum Gasteiger partial charge on any atom is 0.239 e. The number of para-hydroxylation sites is 1. The van der Waals surface area contributed by atoms with E-state index in [9.17, 15) is 4.79 Å². The predicted octanol–water partition coefficient (Wildman–Crippen LogP) is 2.74. The molecule has 20 heavy (non-hydrogen) atoms. The van der Waals surface area contributed by atoms with Crippen molar-refractivity contribution >= 4 is 11.6 Å². The molecule has 0 bridgehead atoms. The van der Waals surface area contributed by atoms with Gasteiger partial charge in [0.25, 0.3) is 0 Å². The fraction of sp³-hybridized carbons (Fsp3) is 0.588. The average molecular weight is 272 g/mol. The van der Waals surface area contributed by atoms with Gasteiger partial charge in [0.15, 0.2) is 0 Å². The highest BCUT2D eigenvalue weighted by molar-refractivity contribution is 5.82. The largest absolute Gasteiger partial charge is 0.362 e. The van der Waals surface area contributed by atoms with Gasteiger partial charge in [-0.1, -0.05) is 38.0 Å². The van der Waals surface area contributed by atoms with Crippen molar-refractivity contribution < 1.29 is 4.79 Å². The molecule has 0 saturated heterocycles. The van der Waals surface area contributed by atoms with Gasteiger partial charge >= 0.3 is 0 Å². The van der Waals surface area contributed by atoms with Gasteiger partial charge in [0.1, 0.15) is 0 Å². The van der Waals surface area contributed by atoms with Crippen LogP contribution in [-0.2, 0) is 11.2 Å². The molecule has 1 aliphatic carbocycles. The Hall–Kier alpha value is -1.51. The van der Waals surface area contributed by atoms with E-state index in [0.29, 0.717) is 18.5 Å². The van der Waals surface area contributed by atoms with Crippen LogP contribution in [-0.4, -0.2) is 25.0 Å². The topological polar surface area (TPSA) is 32.3 Å². The van der Waals surface area contributed by atoms with E-state index in [1.165, 1.54) is 30.5 Å². The fourth-order valence-corrected chi connectivity index (χ4v) is 3.53. The molecule has 1 N–H and O–H groups in total. The fourth-order valence-electron chi connectivity index (χ4n) is 3.53. The first-order valence-corrected chi connectivity index (χ1v) is 7.86. The van der Waals surface area contributed by atoms with E-state index in [1.807, 2.05) is 0 Å². The number of benzene rings is 1. The highest BCUT2D eigenvalue weighted by Crippen LogP contribution is 2.27. The van der Waals surface area contributed by atoms with Gasteiger partial charge in [-0.05, 0) is 36.8 Å². The molecule has 3 rings (SSSR count). The number of nitrogens with zero attached hydrogens (tertiary/aromatic N) is 1. The molecule has 3 nitrogen and oxygen atoms in total. The Kier molecular flexibility index (Phi) is 3.95. The minimum absolute atomic E-state index is 0.181. The van der Waals surface area contributed by atoms with Crippen molar-refractivity contribution in [1.82, 2.24) is 5.32 Å². The van der Waals surface area contributed by atoms with Gasteiger partial charge in [0, 0.05) is 18.3 Å². The maximum atomic E-state index is 12.3. The highest BCUT2D eigenvalue weighted by atomic mass is 16.2.